The molecule has 0 saturated carbocycles. The van der Waals surface area contributed by atoms with Crippen LogP contribution in [-0.4, -0.2) is 81.1 Å². The Labute approximate surface area is 238 Å². The highest BCUT2D eigenvalue weighted by Gasteiger charge is 2.36. The van der Waals surface area contributed by atoms with E-state index in [0.29, 0.717) is 11.5 Å². The largest absolute Gasteiger partial charge is 0.371 e. The van der Waals surface area contributed by atoms with Gasteiger partial charge in [0.1, 0.15) is 5.82 Å². The van der Waals surface area contributed by atoms with Crippen molar-refractivity contribution in [3.63, 3.8) is 0 Å². The molecule has 2 N–H and O–H groups in total. The monoisotopic (exact) mass is 553 g/mol. The Morgan fingerprint density at radius 1 is 1.00 bits per heavy atom. The average molecular weight is 554 g/mol. The molecule has 2 bridgehead atoms. The second-order valence-corrected chi connectivity index (χ2v) is 11.2. The van der Waals surface area contributed by atoms with E-state index in [0.717, 1.165) is 80.8 Å². The molecule has 2 atom stereocenters. The molecule has 3 saturated heterocycles. The molecule has 1 aromatic carbocycles. The summed E-state index contributed by atoms with van der Waals surface area (Å²) in [6, 6.07) is 11.8. The van der Waals surface area contributed by atoms with Gasteiger partial charge in [-0.25, -0.2) is 19.4 Å². The van der Waals surface area contributed by atoms with E-state index in [9.17, 15) is 4.79 Å². The number of carbonyl (C=O) groups excluding carboxylic acids is 1. The van der Waals surface area contributed by atoms with Gasteiger partial charge in [0.25, 0.3) is 0 Å². The number of rotatable bonds is 6. The zero-order chi connectivity index (χ0) is 27.8. The summed E-state index contributed by atoms with van der Waals surface area (Å²) in [5, 5.41) is 11.3. The lowest BCUT2D eigenvalue weighted by Crippen LogP contribution is -2.43. The summed E-state index contributed by atoms with van der Waals surface area (Å²) in [7, 11) is 1.60. The van der Waals surface area contributed by atoms with Crippen LogP contribution < -0.4 is 15.5 Å². The van der Waals surface area contributed by atoms with E-state index in [1.165, 1.54) is 5.56 Å². The van der Waals surface area contributed by atoms with Crippen molar-refractivity contribution in [3.8, 4) is 11.4 Å². The maximum Gasteiger partial charge on any atom is 0.318 e. The molecule has 7 rings (SSSR count). The van der Waals surface area contributed by atoms with Gasteiger partial charge in [0.15, 0.2) is 11.5 Å². The third-order valence-corrected chi connectivity index (χ3v) is 8.44. The Bertz CT molecular complexity index is 1500. The summed E-state index contributed by atoms with van der Waals surface area (Å²) in [6.07, 6.45) is 10.4. The Morgan fingerprint density at radius 2 is 1.78 bits per heavy atom. The number of hydrogen-bond donors (Lipinski definition) is 2. The smallest absolute Gasteiger partial charge is 0.318 e. The molecule has 6 heterocycles. The van der Waals surface area contributed by atoms with E-state index in [4.69, 9.17) is 19.8 Å². The van der Waals surface area contributed by atoms with Crippen molar-refractivity contribution in [1.82, 2.24) is 34.9 Å². The number of likely N-dealkylation sites (tertiary alicyclic amines) is 1. The number of benzene rings is 1. The van der Waals surface area contributed by atoms with Gasteiger partial charge in [-0.05, 0) is 61.6 Å². The minimum atomic E-state index is -0.255. The number of anilines is 2. The predicted octanol–water partition coefficient (Wildman–Crippen LogP) is 3.84. The van der Waals surface area contributed by atoms with Crippen molar-refractivity contribution in [2.45, 2.75) is 50.5 Å². The molecule has 0 radical (unpaired) electrons. The molecule has 41 heavy (non-hydrogen) atoms. The Balaban J connectivity index is 1.19. The maximum atomic E-state index is 11.8. The summed E-state index contributed by atoms with van der Waals surface area (Å²) < 4.78 is 8.26. The SMILES string of the molecule is CNC(=O)Nc1ccc(-c2nc(N3C[C@H]4CC[C@@H](C3)O4)c3cnn(C4CCN(Cc5cccnc5)CC4)c3n2)cc1. The average Bonchev–Trinajstić information content (AvgIpc) is 3.60. The van der Waals surface area contributed by atoms with E-state index < -0.39 is 0 Å². The Morgan fingerprint density at radius 3 is 2.49 bits per heavy atom. The van der Waals surface area contributed by atoms with Gasteiger partial charge in [-0.2, -0.15) is 5.10 Å². The lowest BCUT2D eigenvalue weighted by Gasteiger charge is -2.33. The van der Waals surface area contributed by atoms with Crippen LogP contribution in [0.25, 0.3) is 22.4 Å². The number of urea groups is 1. The molecule has 4 aromatic rings. The maximum absolute atomic E-state index is 11.8. The van der Waals surface area contributed by atoms with E-state index >= 15 is 0 Å². The molecule has 212 valence electrons. The molecule has 3 aliphatic heterocycles. The summed E-state index contributed by atoms with van der Waals surface area (Å²) >= 11 is 0. The summed E-state index contributed by atoms with van der Waals surface area (Å²) in [4.78, 5) is 31.1. The van der Waals surface area contributed by atoms with Crippen molar-refractivity contribution in [1.29, 1.82) is 0 Å². The molecule has 11 heteroatoms. The van der Waals surface area contributed by atoms with E-state index in [1.807, 2.05) is 48.9 Å². The second kappa shape index (κ2) is 11.1. The fraction of sp³-hybridized carbons (Fsp3) is 0.433. The number of fused-ring (bicyclic) bond motifs is 3. The highest BCUT2D eigenvalue weighted by Crippen LogP contribution is 2.35. The van der Waals surface area contributed by atoms with Crippen LogP contribution in [0.1, 0.15) is 37.3 Å². The lowest BCUT2D eigenvalue weighted by molar-refractivity contribution is 0.0303. The van der Waals surface area contributed by atoms with Crippen molar-refractivity contribution < 1.29 is 9.53 Å². The van der Waals surface area contributed by atoms with Crippen LogP contribution in [0.15, 0.2) is 55.0 Å². The number of carbonyl (C=O) groups is 1. The molecule has 3 fully saturated rings. The third kappa shape index (κ3) is 5.34. The number of nitrogens with one attached hydrogen (secondary N) is 2. The topological polar surface area (TPSA) is 113 Å². The fourth-order valence-corrected chi connectivity index (χ4v) is 6.30. The number of ether oxygens (including phenoxy) is 1. The summed E-state index contributed by atoms with van der Waals surface area (Å²) in [6.45, 7) is 4.57. The van der Waals surface area contributed by atoms with Crippen molar-refractivity contribution in [3.05, 3.63) is 60.6 Å². The molecule has 3 aromatic heterocycles. The molecule has 3 aliphatic rings. The van der Waals surface area contributed by atoms with Gasteiger partial charge in [0.05, 0.1) is 29.8 Å². The highest BCUT2D eigenvalue weighted by atomic mass is 16.5. The number of amides is 2. The van der Waals surface area contributed by atoms with Gasteiger partial charge in [0.2, 0.25) is 0 Å². The molecule has 2 amide bonds. The van der Waals surface area contributed by atoms with E-state index in [1.54, 1.807) is 7.05 Å². The number of morpholine rings is 1. The van der Waals surface area contributed by atoms with Crippen LogP contribution >= 0.6 is 0 Å². The minimum Gasteiger partial charge on any atom is -0.371 e. The van der Waals surface area contributed by atoms with E-state index in [-0.39, 0.29) is 24.3 Å². The van der Waals surface area contributed by atoms with E-state index in [2.05, 4.69) is 36.2 Å². The quantitative estimate of drug-likeness (QED) is 0.370. The first-order valence-electron chi connectivity index (χ1n) is 14.5. The van der Waals surface area contributed by atoms with Crippen molar-refractivity contribution in [2.24, 2.45) is 0 Å². The first-order chi connectivity index (χ1) is 20.1. The molecule has 0 spiro atoms. The van der Waals surface area contributed by atoms with Crippen LogP contribution in [0.4, 0.5) is 16.3 Å². The lowest BCUT2D eigenvalue weighted by atomic mass is 10.0. The van der Waals surface area contributed by atoms with Gasteiger partial charge in [-0.3, -0.25) is 9.88 Å². The molecular formula is C30H35N9O2. The zero-order valence-corrected chi connectivity index (χ0v) is 23.2. The standard InChI is InChI=1S/C30H35N9O2/c1-31-30(40)34-22-6-4-21(5-7-22)27-35-28(38-18-24-8-9-25(19-38)41-24)26-16-33-39(29(26)36-27)23-10-13-37(14-11-23)17-20-3-2-12-32-15-20/h2-7,12,15-16,23-25H,8-11,13-14,17-19H2,1H3,(H2,31,34,40)/t24-,25+. The van der Waals surface area contributed by atoms with Gasteiger partial charge < -0.3 is 20.3 Å². The number of piperidine rings is 1. The molecule has 0 aliphatic carbocycles. The van der Waals surface area contributed by atoms with Crippen molar-refractivity contribution in [2.75, 3.05) is 43.4 Å². The number of nitrogens with zero attached hydrogens (tertiary/aromatic N) is 7. The fourth-order valence-electron chi connectivity index (χ4n) is 6.30. The van der Waals surface area contributed by atoms with Crippen LogP contribution in [0.5, 0.6) is 0 Å². The van der Waals surface area contributed by atoms with Crippen LogP contribution in [-0.2, 0) is 11.3 Å². The first-order valence-corrected chi connectivity index (χ1v) is 14.5. The van der Waals surface area contributed by atoms with Crippen molar-refractivity contribution >= 4 is 28.6 Å². The molecule has 11 nitrogen and oxygen atoms in total. The number of pyridine rings is 1. The molecule has 0 unspecified atom stereocenters. The number of aromatic nitrogens is 5. The van der Waals surface area contributed by atoms with Gasteiger partial charge >= 0.3 is 6.03 Å². The highest BCUT2D eigenvalue weighted by molar-refractivity contribution is 5.90. The van der Waals surface area contributed by atoms with Gasteiger partial charge in [-0.15, -0.1) is 0 Å². The van der Waals surface area contributed by atoms with Crippen LogP contribution in [0, 0.1) is 0 Å². The summed E-state index contributed by atoms with van der Waals surface area (Å²) in [5.41, 5.74) is 3.73. The first kappa shape index (κ1) is 25.8. The third-order valence-electron chi connectivity index (χ3n) is 8.44. The van der Waals surface area contributed by atoms with Gasteiger partial charge in [-0.1, -0.05) is 6.07 Å². The minimum absolute atomic E-state index is 0.247. The summed E-state index contributed by atoms with van der Waals surface area (Å²) in [5.74, 6) is 1.59. The second-order valence-electron chi connectivity index (χ2n) is 11.2. The van der Waals surface area contributed by atoms with Gasteiger partial charge in [0, 0.05) is 63.4 Å². The Kier molecular flexibility index (Phi) is 6.97. The predicted molar refractivity (Wildman–Crippen MR) is 157 cm³/mol. The van der Waals surface area contributed by atoms with Crippen LogP contribution in [0.2, 0.25) is 0 Å². The number of hydrogen-bond acceptors (Lipinski definition) is 8. The molecular weight excluding hydrogens is 518 g/mol. The normalized spacial score (nSPS) is 21.3. The Hall–Kier alpha value is -4.09. The zero-order valence-electron chi connectivity index (χ0n) is 23.2. The van der Waals surface area contributed by atoms with Crippen LogP contribution in [0.3, 0.4) is 0 Å².